The number of nitrogen functional groups attached to an aromatic ring is 1. The van der Waals surface area contributed by atoms with Gasteiger partial charge in [0, 0.05) is 19.9 Å². The molecular weight excluding hydrogens is 180 g/mol. The molecule has 4 nitrogen and oxygen atoms in total. The highest BCUT2D eigenvalue weighted by molar-refractivity contribution is 5.81. The van der Waals surface area contributed by atoms with Crippen molar-refractivity contribution >= 4 is 12.1 Å². The minimum atomic E-state index is 0.319. The number of ether oxygens (including phenoxy) is 1. The van der Waals surface area contributed by atoms with Crippen molar-refractivity contribution < 1.29 is 9.53 Å². The first kappa shape index (κ1) is 12.6. The molecule has 0 aliphatic carbocycles. The highest BCUT2D eigenvalue weighted by Gasteiger charge is 1.98. The second kappa shape index (κ2) is 7.03. The van der Waals surface area contributed by atoms with Gasteiger partial charge in [0.05, 0.1) is 5.56 Å². The summed E-state index contributed by atoms with van der Waals surface area (Å²) in [6.45, 7) is 1.99. The van der Waals surface area contributed by atoms with Gasteiger partial charge in [-0.1, -0.05) is 6.92 Å². The number of aldehydes is 1. The molecule has 0 saturated carbocycles. The van der Waals surface area contributed by atoms with Gasteiger partial charge in [-0.3, -0.25) is 4.79 Å². The topological polar surface area (TPSA) is 65.2 Å². The van der Waals surface area contributed by atoms with Crippen LogP contribution in [0.1, 0.15) is 23.0 Å². The van der Waals surface area contributed by atoms with E-state index >= 15 is 0 Å². The average molecular weight is 196 g/mol. The molecular formula is C10H16N2O2. The van der Waals surface area contributed by atoms with Gasteiger partial charge in [0.25, 0.3) is 0 Å². The third-order valence-corrected chi connectivity index (χ3v) is 1.50. The van der Waals surface area contributed by atoms with Crippen LogP contribution in [0.2, 0.25) is 0 Å². The van der Waals surface area contributed by atoms with E-state index < -0.39 is 0 Å². The van der Waals surface area contributed by atoms with Crippen molar-refractivity contribution in [3.63, 3.8) is 0 Å². The summed E-state index contributed by atoms with van der Waals surface area (Å²) in [4.78, 5) is 14.3. The normalized spacial score (nSPS) is 8.79. The maximum absolute atomic E-state index is 10.3. The van der Waals surface area contributed by atoms with Crippen LogP contribution in [-0.4, -0.2) is 25.5 Å². The molecule has 0 spiro atoms. The van der Waals surface area contributed by atoms with Crippen molar-refractivity contribution in [3.8, 4) is 0 Å². The number of nitrogens with zero attached hydrogens (tertiary/aromatic N) is 1. The Labute approximate surface area is 84.1 Å². The van der Waals surface area contributed by atoms with Crippen LogP contribution in [0.4, 0.5) is 5.82 Å². The van der Waals surface area contributed by atoms with Gasteiger partial charge >= 0.3 is 0 Å². The zero-order valence-corrected chi connectivity index (χ0v) is 8.78. The lowest BCUT2D eigenvalue weighted by molar-refractivity contribution is 0.112. The Kier molecular flexibility index (Phi) is 6.32. The third-order valence-electron chi connectivity index (χ3n) is 1.50. The molecule has 4 heteroatoms. The molecule has 1 rings (SSSR count). The minimum Gasteiger partial charge on any atom is -0.388 e. The van der Waals surface area contributed by atoms with Crippen LogP contribution in [0.3, 0.4) is 0 Å². The molecule has 0 bridgehead atoms. The number of pyridine rings is 1. The lowest BCUT2D eigenvalue weighted by Gasteiger charge is -1.99. The van der Waals surface area contributed by atoms with Gasteiger partial charge in [-0.25, -0.2) is 4.98 Å². The molecule has 1 aromatic rings. The van der Waals surface area contributed by atoms with Gasteiger partial charge in [-0.2, -0.15) is 0 Å². The number of anilines is 1. The van der Waals surface area contributed by atoms with Gasteiger partial charge < -0.3 is 10.5 Å². The van der Waals surface area contributed by atoms with Crippen LogP contribution < -0.4 is 5.73 Å². The molecule has 0 radical (unpaired) electrons. The smallest absolute Gasteiger partial charge is 0.153 e. The summed E-state index contributed by atoms with van der Waals surface area (Å²) < 4.78 is 4.25. The van der Waals surface area contributed by atoms with E-state index in [0.29, 0.717) is 17.7 Å². The van der Waals surface area contributed by atoms with Crippen molar-refractivity contribution in [1.82, 2.24) is 4.98 Å². The molecule has 0 aromatic carbocycles. The molecule has 2 N–H and O–H groups in total. The molecule has 0 saturated heterocycles. The summed E-state index contributed by atoms with van der Waals surface area (Å²) in [7, 11) is 3.25. The van der Waals surface area contributed by atoms with Crippen LogP contribution >= 0.6 is 0 Å². The largest absolute Gasteiger partial charge is 0.388 e. The molecule has 0 aliphatic heterocycles. The van der Waals surface area contributed by atoms with E-state index in [-0.39, 0.29) is 0 Å². The van der Waals surface area contributed by atoms with E-state index in [1.807, 2.05) is 6.92 Å². The first-order valence-electron chi connectivity index (χ1n) is 4.30. The van der Waals surface area contributed by atoms with Crippen molar-refractivity contribution in [3.05, 3.63) is 23.4 Å². The predicted octanol–water partition coefficient (Wildman–Crippen LogP) is 1.30. The molecule has 14 heavy (non-hydrogen) atoms. The Hall–Kier alpha value is -1.42. The summed E-state index contributed by atoms with van der Waals surface area (Å²) in [5, 5.41) is 0. The summed E-state index contributed by atoms with van der Waals surface area (Å²) in [5.41, 5.74) is 6.84. The fourth-order valence-corrected chi connectivity index (χ4v) is 0.824. The Morgan fingerprint density at radius 1 is 1.50 bits per heavy atom. The maximum Gasteiger partial charge on any atom is 0.153 e. The Morgan fingerprint density at radius 2 is 2.07 bits per heavy atom. The molecule has 0 aliphatic rings. The van der Waals surface area contributed by atoms with Crippen LogP contribution in [0.15, 0.2) is 12.1 Å². The number of nitrogens with two attached hydrogens (primary N) is 1. The molecule has 0 atom stereocenters. The number of carbonyl (C=O) groups is 1. The SMILES string of the molecule is CCc1ccc(C=O)c(N)n1.COC. The summed E-state index contributed by atoms with van der Waals surface area (Å²) in [6, 6.07) is 3.49. The van der Waals surface area contributed by atoms with E-state index in [9.17, 15) is 4.79 Å². The van der Waals surface area contributed by atoms with Gasteiger partial charge in [0.2, 0.25) is 0 Å². The Morgan fingerprint density at radius 3 is 2.43 bits per heavy atom. The van der Waals surface area contributed by atoms with Crippen LogP contribution in [0.25, 0.3) is 0 Å². The quantitative estimate of drug-likeness (QED) is 0.724. The molecule has 0 amide bonds. The van der Waals surface area contributed by atoms with Crippen molar-refractivity contribution in [1.29, 1.82) is 0 Å². The lowest BCUT2D eigenvalue weighted by atomic mass is 10.2. The fraction of sp³-hybridized carbons (Fsp3) is 0.400. The number of hydrogen-bond acceptors (Lipinski definition) is 4. The zero-order valence-electron chi connectivity index (χ0n) is 8.78. The highest BCUT2D eigenvalue weighted by Crippen LogP contribution is 2.06. The zero-order chi connectivity index (χ0) is 11.0. The molecule has 1 heterocycles. The minimum absolute atomic E-state index is 0.319. The number of aromatic nitrogens is 1. The fourth-order valence-electron chi connectivity index (χ4n) is 0.824. The van der Waals surface area contributed by atoms with Gasteiger partial charge in [0.15, 0.2) is 6.29 Å². The lowest BCUT2D eigenvalue weighted by Crippen LogP contribution is -1.99. The van der Waals surface area contributed by atoms with E-state index in [1.165, 1.54) is 0 Å². The number of aryl methyl sites for hydroxylation is 1. The number of methoxy groups -OCH3 is 1. The predicted molar refractivity (Wildman–Crippen MR) is 56.3 cm³/mol. The van der Waals surface area contributed by atoms with Gasteiger partial charge in [-0.15, -0.1) is 0 Å². The van der Waals surface area contributed by atoms with E-state index in [2.05, 4.69) is 9.72 Å². The second-order valence-electron chi connectivity index (χ2n) is 2.66. The van der Waals surface area contributed by atoms with E-state index in [1.54, 1.807) is 26.4 Å². The van der Waals surface area contributed by atoms with Crippen molar-refractivity contribution in [2.45, 2.75) is 13.3 Å². The van der Waals surface area contributed by atoms with Crippen LogP contribution in [-0.2, 0) is 11.2 Å². The summed E-state index contributed by atoms with van der Waals surface area (Å²) in [5.74, 6) is 0.319. The van der Waals surface area contributed by atoms with Crippen molar-refractivity contribution in [2.24, 2.45) is 0 Å². The highest BCUT2D eigenvalue weighted by atomic mass is 16.4. The maximum atomic E-state index is 10.3. The van der Waals surface area contributed by atoms with Gasteiger partial charge in [0.1, 0.15) is 5.82 Å². The number of hydrogen-bond donors (Lipinski definition) is 1. The van der Waals surface area contributed by atoms with Gasteiger partial charge in [-0.05, 0) is 18.6 Å². The van der Waals surface area contributed by atoms with Crippen LogP contribution in [0.5, 0.6) is 0 Å². The number of rotatable bonds is 2. The number of carbonyl (C=O) groups excluding carboxylic acids is 1. The molecule has 0 unspecified atom stereocenters. The molecule has 78 valence electrons. The van der Waals surface area contributed by atoms with E-state index in [0.717, 1.165) is 12.1 Å². The first-order chi connectivity index (χ1) is 6.69. The molecule has 0 fully saturated rings. The monoisotopic (exact) mass is 196 g/mol. The average Bonchev–Trinajstić information content (AvgIpc) is 2.19. The third kappa shape index (κ3) is 4.00. The Balaban J connectivity index is 0.000000500. The summed E-state index contributed by atoms with van der Waals surface area (Å²) >= 11 is 0. The van der Waals surface area contributed by atoms with Crippen molar-refractivity contribution in [2.75, 3.05) is 20.0 Å². The second-order valence-corrected chi connectivity index (χ2v) is 2.66. The van der Waals surface area contributed by atoms with Crippen LogP contribution in [0, 0.1) is 0 Å². The Bertz CT molecular complexity index is 287. The first-order valence-corrected chi connectivity index (χ1v) is 4.30. The molecule has 1 aromatic heterocycles. The summed E-state index contributed by atoms with van der Waals surface area (Å²) in [6.07, 6.45) is 1.55. The van der Waals surface area contributed by atoms with E-state index in [4.69, 9.17) is 5.73 Å². The standard InChI is InChI=1S/C8H10N2O.C2H6O/c1-2-7-4-3-6(5-11)8(9)10-7;1-3-2/h3-5H,2H2,1H3,(H2,9,10);1-2H3.